The Morgan fingerprint density at radius 3 is 2.47 bits per heavy atom. The van der Waals surface area contributed by atoms with Crippen LogP contribution in [0.25, 0.3) is 11.4 Å². The van der Waals surface area contributed by atoms with Crippen LogP contribution in [0.4, 0.5) is 24.5 Å². The minimum atomic E-state index is -4.33. The summed E-state index contributed by atoms with van der Waals surface area (Å²) in [7, 11) is 0. The molecule has 1 fully saturated rings. The largest absolute Gasteiger partial charge is 0.505 e. The van der Waals surface area contributed by atoms with E-state index in [-0.39, 0.29) is 22.9 Å². The Balaban J connectivity index is 0.000000251. The molecule has 246 valence electrons. The minimum Gasteiger partial charge on any atom is -0.505 e. The molecule has 13 nitrogen and oxygen atoms in total. The van der Waals surface area contributed by atoms with Crippen LogP contribution >= 0.6 is 0 Å². The second-order valence-electron chi connectivity index (χ2n) is 11.0. The summed E-state index contributed by atoms with van der Waals surface area (Å²) in [5.41, 5.74) is 2.13. The van der Waals surface area contributed by atoms with Crippen molar-refractivity contribution in [1.29, 1.82) is 0 Å². The Hall–Kier alpha value is -5.25. The predicted molar refractivity (Wildman–Crippen MR) is 164 cm³/mol. The van der Waals surface area contributed by atoms with E-state index in [0.717, 1.165) is 49.2 Å². The van der Waals surface area contributed by atoms with Crippen molar-refractivity contribution in [2.24, 2.45) is 0 Å². The molecule has 16 heteroatoms. The van der Waals surface area contributed by atoms with Gasteiger partial charge in [0.15, 0.2) is 11.5 Å². The van der Waals surface area contributed by atoms with Gasteiger partial charge in [0.1, 0.15) is 11.4 Å². The molecule has 3 aliphatic heterocycles. The third-order valence-electron chi connectivity index (χ3n) is 8.18. The molecule has 0 aliphatic carbocycles. The molecular formula is C31H31F3N8O5. The van der Waals surface area contributed by atoms with E-state index in [1.807, 2.05) is 6.08 Å². The smallest absolute Gasteiger partial charge is 0.416 e. The van der Waals surface area contributed by atoms with Gasteiger partial charge < -0.3 is 29.5 Å². The van der Waals surface area contributed by atoms with Crippen LogP contribution in [0.15, 0.2) is 53.5 Å². The van der Waals surface area contributed by atoms with E-state index in [9.17, 15) is 32.7 Å². The number of piperazine rings is 1. The molecule has 6 heterocycles. The molecule has 0 spiro atoms. The van der Waals surface area contributed by atoms with E-state index >= 15 is 0 Å². The SMILES string of the molecule is O=C(c1ncccc1O)N1CCN(c2c3n(c4nc(C5=CCOCC5)nn4c2=O)CCC3)CC1.O=CNc1ccc(C(F)(F)F)cc1. The van der Waals surface area contributed by atoms with Crippen LogP contribution in [0, 0.1) is 0 Å². The van der Waals surface area contributed by atoms with Crippen LogP contribution in [0.1, 0.15) is 40.4 Å². The van der Waals surface area contributed by atoms with Gasteiger partial charge in [0.25, 0.3) is 11.5 Å². The maximum Gasteiger partial charge on any atom is 0.416 e. The molecule has 4 aromatic rings. The number of pyridine rings is 1. The van der Waals surface area contributed by atoms with Crippen molar-refractivity contribution in [2.45, 2.75) is 32.0 Å². The van der Waals surface area contributed by atoms with Gasteiger partial charge in [0.05, 0.1) is 24.5 Å². The van der Waals surface area contributed by atoms with Crippen molar-refractivity contribution < 1.29 is 32.6 Å². The highest BCUT2D eigenvalue weighted by molar-refractivity contribution is 5.95. The lowest BCUT2D eigenvalue weighted by Crippen LogP contribution is -2.50. The van der Waals surface area contributed by atoms with E-state index in [0.29, 0.717) is 68.8 Å². The van der Waals surface area contributed by atoms with Crippen molar-refractivity contribution >= 4 is 35.0 Å². The number of aryl methyl sites for hydroxylation is 1. The molecular weight excluding hydrogens is 621 g/mol. The normalized spacial score (nSPS) is 16.3. The average Bonchev–Trinajstić information content (AvgIpc) is 3.74. The van der Waals surface area contributed by atoms with Gasteiger partial charge in [0, 0.05) is 44.6 Å². The lowest BCUT2D eigenvalue weighted by molar-refractivity contribution is -0.137. The zero-order chi connectivity index (χ0) is 33.1. The third-order valence-corrected chi connectivity index (χ3v) is 8.18. The van der Waals surface area contributed by atoms with Gasteiger partial charge in [-0.15, -0.1) is 5.10 Å². The number of nitrogens with one attached hydrogen (secondary N) is 1. The topological polar surface area (TPSA) is 147 Å². The van der Waals surface area contributed by atoms with E-state index in [1.165, 1.54) is 28.9 Å². The first-order valence-electron chi connectivity index (χ1n) is 15.0. The molecule has 0 atom stereocenters. The highest BCUT2D eigenvalue weighted by Crippen LogP contribution is 2.30. The minimum absolute atomic E-state index is 0.0518. The van der Waals surface area contributed by atoms with E-state index in [4.69, 9.17) is 9.72 Å². The second-order valence-corrected chi connectivity index (χ2v) is 11.0. The maximum atomic E-state index is 13.6. The highest BCUT2D eigenvalue weighted by atomic mass is 19.4. The van der Waals surface area contributed by atoms with E-state index < -0.39 is 11.7 Å². The molecule has 0 unspecified atom stereocenters. The Morgan fingerprint density at radius 2 is 1.81 bits per heavy atom. The first-order valence-corrected chi connectivity index (χ1v) is 15.0. The number of aromatic hydroxyl groups is 1. The van der Waals surface area contributed by atoms with Gasteiger partial charge >= 0.3 is 6.18 Å². The molecule has 1 aromatic carbocycles. The Kier molecular flexibility index (Phi) is 8.93. The summed E-state index contributed by atoms with van der Waals surface area (Å²) < 4.78 is 45.0. The van der Waals surface area contributed by atoms with Crippen LogP contribution in [0.2, 0.25) is 0 Å². The molecule has 47 heavy (non-hydrogen) atoms. The third kappa shape index (κ3) is 6.54. The van der Waals surface area contributed by atoms with Crippen molar-refractivity contribution in [3.8, 4) is 5.75 Å². The number of halogens is 3. The molecule has 3 aliphatic rings. The van der Waals surface area contributed by atoms with Crippen molar-refractivity contribution in [2.75, 3.05) is 49.6 Å². The van der Waals surface area contributed by atoms with E-state index in [1.54, 1.807) is 11.0 Å². The number of carbonyl (C=O) groups is 2. The zero-order valence-corrected chi connectivity index (χ0v) is 25.1. The Morgan fingerprint density at radius 1 is 1.04 bits per heavy atom. The van der Waals surface area contributed by atoms with Crippen LogP contribution in [0.5, 0.6) is 5.75 Å². The van der Waals surface area contributed by atoms with Gasteiger partial charge in [0.2, 0.25) is 12.2 Å². The summed E-state index contributed by atoms with van der Waals surface area (Å²) in [4.78, 5) is 48.8. The number of ether oxygens (including phenoxy) is 1. The van der Waals surface area contributed by atoms with Crippen LogP contribution in [0.3, 0.4) is 0 Å². The van der Waals surface area contributed by atoms with Crippen molar-refractivity contribution in [3.05, 3.63) is 81.8 Å². The fraction of sp³-hybridized carbons (Fsp3) is 0.355. The number of benzene rings is 1. The fourth-order valence-electron chi connectivity index (χ4n) is 5.83. The fourth-order valence-corrected chi connectivity index (χ4v) is 5.83. The molecule has 0 bridgehead atoms. The Bertz CT molecular complexity index is 1880. The summed E-state index contributed by atoms with van der Waals surface area (Å²) in [6.45, 7) is 3.84. The number of hydrogen-bond donors (Lipinski definition) is 2. The number of amides is 2. The molecule has 2 amide bonds. The predicted octanol–water partition coefficient (Wildman–Crippen LogP) is 2.98. The lowest BCUT2D eigenvalue weighted by atomic mass is 10.1. The number of alkyl halides is 3. The number of carbonyl (C=O) groups excluding carboxylic acids is 2. The van der Waals surface area contributed by atoms with Gasteiger partial charge in [-0.2, -0.15) is 22.7 Å². The molecule has 2 N–H and O–H groups in total. The molecule has 0 radical (unpaired) electrons. The molecule has 7 rings (SSSR count). The van der Waals surface area contributed by atoms with Crippen molar-refractivity contribution in [1.82, 2.24) is 29.0 Å². The average molecular weight is 653 g/mol. The van der Waals surface area contributed by atoms with Gasteiger partial charge in [-0.05, 0) is 61.2 Å². The molecule has 3 aromatic heterocycles. The monoisotopic (exact) mass is 652 g/mol. The summed E-state index contributed by atoms with van der Waals surface area (Å²) in [5.74, 6) is 0.742. The summed E-state index contributed by atoms with van der Waals surface area (Å²) >= 11 is 0. The van der Waals surface area contributed by atoms with Crippen LogP contribution in [-0.4, -0.2) is 85.9 Å². The lowest BCUT2D eigenvalue weighted by Gasteiger charge is -2.36. The van der Waals surface area contributed by atoms with Crippen LogP contribution in [-0.2, 0) is 28.7 Å². The van der Waals surface area contributed by atoms with Gasteiger partial charge in [-0.25, -0.2) is 4.98 Å². The number of hydrogen-bond acceptors (Lipinski definition) is 9. The standard InChI is InChI=1S/C23H25N7O4.C8H6F3NO/c31-17-4-1-7-24-18(17)21(32)28-11-9-27(10-12-28)19-16-3-2-8-29(16)23-25-20(26-30(23)22(19)33)15-5-13-34-14-6-15;9-8(10,11)6-1-3-7(4-2-6)12-5-13/h1,4-5,7,31H,2-3,6,8-14H2;1-5H,(H,12,13). The van der Waals surface area contributed by atoms with Crippen molar-refractivity contribution in [3.63, 3.8) is 0 Å². The quantitative estimate of drug-likeness (QED) is 0.311. The maximum absolute atomic E-state index is 13.6. The van der Waals surface area contributed by atoms with Gasteiger partial charge in [-0.3, -0.25) is 14.4 Å². The highest BCUT2D eigenvalue weighted by Gasteiger charge is 2.32. The Labute approximate surface area is 265 Å². The first kappa shape index (κ1) is 31.7. The summed E-state index contributed by atoms with van der Waals surface area (Å²) in [6.07, 6.45) is 2.02. The van der Waals surface area contributed by atoms with Crippen LogP contribution < -0.4 is 15.8 Å². The number of anilines is 2. The number of nitrogens with zero attached hydrogens (tertiary/aromatic N) is 7. The molecule has 1 saturated heterocycles. The summed E-state index contributed by atoms with van der Waals surface area (Å²) in [6, 6.07) is 7.24. The first-order chi connectivity index (χ1) is 22.7. The second kappa shape index (κ2) is 13.2. The number of fused-ring (bicyclic) bond motifs is 3. The van der Waals surface area contributed by atoms with Gasteiger partial charge in [-0.1, -0.05) is 6.08 Å². The summed E-state index contributed by atoms with van der Waals surface area (Å²) in [5, 5.41) is 16.8. The number of aromatic nitrogens is 5. The number of rotatable bonds is 5. The molecule has 0 saturated carbocycles. The zero-order valence-electron chi connectivity index (χ0n) is 25.1. The van der Waals surface area contributed by atoms with E-state index in [2.05, 4.69) is 24.9 Å².